The van der Waals surface area contributed by atoms with Crippen molar-refractivity contribution >= 4 is 11.8 Å². The highest BCUT2D eigenvalue weighted by atomic mass is 16.2. The molecule has 2 amide bonds. The summed E-state index contributed by atoms with van der Waals surface area (Å²) >= 11 is 0. The molecule has 0 aromatic carbocycles. The number of hydrogen-bond acceptors (Lipinski definition) is 3. The van der Waals surface area contributed by atoms with Gasteiger partial charge in [-0.05, 0) is 20.9 Å². The van der Waals surface area contributed by atoms with E-state index in [2.05, 4.69) is 10.6 Å². The molecule has 12 heavy (non-hydrogen) atoms. The van der Waals surface area contributed by atoms with E-state index in [9.17, 15) is 9.59 Å². The lowest BCUT2D eigenvalue weighted by molar-refractivity contribution is -0.129. The Morgan fingerprint density at radius 2 is 1.92 bits per heavy atom. The lowest BCUT2D eigenvalue weighted by atomic mass is 10.1. The van der Waals surface area contributed by atoms with Gasteiger partial charge in [-0.3, -0.25) is 9.59 Å². The molecule has 0 heterocycles. The van der Waals surface area contributed by atoms with Gasteiger partial charge in [0.15, 0.2) is 0 Å². The van der Waals surface area contributed by atoms with Gasteiger partial charge in [-0.25, -0.2) is 0 Å². The van der Waals surface area contributed by atoms with Gasteiger partial charge in [0, 0.05) is 0 Å². The maximum Gasteiger partial charge on any atom is 0.242 e. The van der Waals surface area contributed by atoms with Gasteiger partial charge in [0.2, 0.25) is 11.8 Å². The Labute approximate surface area is 71.7 Å². The van der Waals surface area contributed by atoms with Crippen LogP contribution >= 0.6 is 0 Å². The fraction of sp³-hybridized carbons (Fsp3) is 0.714. The quantitative estimate of drug-likeness (QED) is 0.488. The van der Waals surface area contributed by atoms with Crippen LogP contribution in [0.3, 0.4) is 0 Å². The number of carbonyl (C=O) groups excluding carboxylic acids is 2. The van der Waals surface area contributed by atoms with Crippen LogP contribution in [-0.2, 0) is 9.59 Å². The molecule has 0 spiro atoms. The predicted octanol–water partition coefficient (Wildman–Crippen LogP) is -1.41. The van der Waals surface area contributed by atoms with E-state index in [0.29, 0.717) is 0 Å². The second-order valence-electron chi connectivity index (χ2n) is 3.07. The van der Waals surface area contributed by atoms with Gasteiger partial charge >= 0.3 is 0 Å². The lowest BCUT2D eigenvalue weighted by Gasteiger charge is -2.21. The molecule has 0 bridgehead atoms. The summed E-state index contributed by atoms with van der Waals surface area (Å²) in [6, 6.07) is 0. The number of likely N-dealkylation sites (N-methyl/N-ethyl adjacent to an activating group) is 1. The standard InChI is InChI=1S/C7H15N3O2/c1-7(2,6(8)12)10-5(11)4-9-3/h9H,4H2,1-3H3,(H2,8,12)(H,10,11). The first-order valence-electron chi connectivity index (χ1n) is 3.65. The maximum absolute atomic E-state index is 11.0. The molecule has 0 aliphatic rings. The number of nitrogens with one attached hydrogen (secondary N) is 2. The molecule has 0 fully saturated rings. The SMILES string of the molecule is CNCC(=O)NC(C)(C)C(N)=O. The molecule has 0 aliphatic carbocycles. The minimum Gasteiger partial charge on any atom is -0.368 e. The zero-order chi connectivity index (χ0) is 9.78. The largest absolute Gasteiger partial charge is 0.368 e. The first-order valence-corrected chi connectivity index (χ1v) is 3.65. The van der Waals surface area contributed by atoms with Gasteiger partial charge in [-0.15, -0.1) is 0 Å². The summed E-state index contributed by atoms with van der Waals surface area (Å²) in [4.78, 5) is 21.7. The van der Waals surface area contributed by atoms with Crippen LogP contribution in [0.1, 0.15) is 13.8 Å². The van der Waals surface area contributed by atoms with Crippen molar-refractivity contribution in [2.75, 3.05) is 13.6 Å². The molecule has 0 saturated heterocycles. The Morgan fingerprint density at radius 3 is 2.25 bits per heavy atom. The monoisotopic (exact) mass is 173 g/mol. The number of primary amides is 1. The highest BCUT2D eigenvalue weighted by Gasteiger charge is 2.26. The first-order chi connectivity index (χ1) is 5.40. The summed E-state index contributed by atoms with van der Waals surface area (Å²) < 4.78 is 0. The van der Waals surface area contributed by atoms with E-state index >= 15 is 0 Å². The normalized spacial score (nSPS) is 10.9. The molecule has 0 aliphatic heterocycles. The van der Waals surface area contributed by atoms with Crippen molar-refractivity contribution in [2.24, 2.45) is 5.73 Å². The van der Waals surface area contributed by atoms with Crippen molar-refractivity contribution < 1.29 is 9.59 Å². The fourth-order valence-electron chi connectivity index (χ4n) is 0.615. The fourth-order valence-corrected chi connectivity index (χ4v) is 0.615. The molecule has 0 aromatic rings. The van der Waals surface area contributed by atoms with E-state index < -0.39 is 11.4 Å². The van der Waals surface area contributed by atoms with Gasteiger partial charge < -0.3 is 16.4 Å². The molecular formula is C7H15N3O2. The number of carbonyl (C=O) groups is 2. The molecule has 0 rings (SSSR count). The van der Waals surface area contributed by atoms with Crippen LogP contribution in [0.15, 0.2) is 0 Å². The third-order valence-electron chi connectivity index (χ3n) is 1.41. The van der Waals surface area contributed by atoms with Gasteiger partial charge in [-0.2, -0.15) is 0 Å². The summed E-state index contributed by atoms with van der Waals surface area (Å²) in [5.74, 6) is -0.798. The van der Waals surface area contributed by atoms with E-state index in [-0.39, 0.29) is 12.5 Å². The van der Waals surface area contributed by atoms with Crippen LogP contribution < -0.4 is 16.4 Å². The Morgan fingerprint density at radius 1 is 1.42 bits per heavy atom. The zero-order valence-electron chi connectivity index (χ0n) is 7.60. The Balaban J connectivity index is 4.06. The smallest absolute Gasteiger partial charge is 0.242 e. The van der Waals surface area contributed by atoms with E-state index in [0.717, 1.165) is 0 Å². The molecule has 0 unspecified atom stereocenters. The molecule has 70 valence electrons. The minimum absolute atomic E-state index is 0.177. The molecule has 0 saturated carbocycles. The number of rotatable bonds is 4. The third-order valence-corrected chi connectivity index (χ3v) is 1.41. The van der Waals surface area contributed by atoms with Crippen LogP contribution in [0.5, 0.6) is 0 Å². The van der Waals surface area contributed by atoms with Crippen LogP contribution in [0.4, 0.5) is 0 Å². The average molecular weight is 173 g/mol. The van der Waals surface area contributed by atoms with Crippen molar-refractivity contribution in [3.63, 3.8) is 0 Å². The summed E-state index contributed by atoms with van der Waals surface area (Å²) in [5, 5.41) is 5.15. The van der Waals surface area contributed by atoms with E-state index in [1.54, 1.807) is 20.9 Å². The van der Waals surface area contributed by atoms with Gasteiger partial charge in [0.05, 0.1) is 6.54 Å². The number of amides is 2. The van der Waals surface area contributed by atoms with E-state index in [1.807, 2.05) is 0 Å². The minimum atomic E-state index is -0.978. The molecule has 5 nitrogen and oxygen atoms in total. The van der Waals surface area contributed by atoms with Crippen molar-refractivity contribution in [3.8, 4) is 0 Å². The van der Waals surface area contributed by atoms with Crippen LogP contribution in [0.25, 0.3) is 0 Å². The number of nitrogens with two attached hydrogens (primary N) is 1. The first kappa shape index (κ1) is 10.9. The van der Waals surface area contributed by atoms with Gasteiger partial charge in [0.1, 0.15) is 5.54 Å². The summed E-state index contributed by atoms with van der Waals surface area (Å²) in [7, 11) is 1.65. The van der Waals surface area contributed by atoms with Crippen molar-refractivity contribution in [1.29, 1.82) is 0 Å². The predicted molar refractivity (Wildman–Crippen MR) is 45.3 cm³/mol. The second kappa shape index (κ2) is 4.06. The van der Waals surface area contributed by atoms with Gasteiger partial charge in [-0.1, -0.05) is 0 Å². The summed E-state index contributed by atoms with van der Waals surface area (Å²) in [5.41, 5.74) is 4.06. The number of hydrogen-bond donors (Lipinski definition) is 3. The lowest BCUT2D eigenvalue weighted by Crippen LogP contribution is -2.54. The zero-order valence-corrected chi connectivity index (χ0v) is 7.60. The third kappa shape index (κ3) is 3.34. The molecular weight excluding hydrogens is 158 g/mol. The van der Waals surface area contributed by atoms with Crippen molar-refractivity contribution in [3.05, 3.63) is 0 Å². The highest BCUT2D eigenvalue weighted by Crippen LogP contribution is 1.98. The summed E-state index contributed by atoms with van der Waals surface area (Å²) in [6.07, 6.45) is 0. The van der Waals surface area contributed by atoms with Crippen molar-refractivity contribution in [1.82, 2.24) is 10.6 Å². The van der Waals surface area contributed by atoms with Crippen molar-refractivity contribution in [2.45, 2.75) is 19.4 Å². The molecule has 0 radical (unpaired) electrons. The maximum atomic E-state index is 11.0. The van der Waals surface area contributed by atoms with E-state index in [4.69, 9.17) is 5.73 Å². The second-order valence-corrected chi connectivity index (χ2v) is 3.07. The van der Waals surface area contributed by atoms with Crippen LogP contribution in [0.2, 0.25) is 0 Å². The molecule has 0 aromatic heterocycles. The van der Waals surface area contributed by atoms with E-state index in [1.165, 1.54) is 0 Å². The van der Waals surface area contributed by atoms with Gasteiger partial charge in [0.25, 0.3) is 0 Å². The van der Waals surface area contributed by atoms with Crippen LogP contribution in [0, 0.1) is 0 Å². The highest BCUT2D eigenvalue weighted by molar-refractivity contribution is 5.90. The molecule has 5 heteroatoms. The average Bonchev–Trinajstić information content (AvgIpc) is 1.85. The van der Waals surface area contributed by atoms with Crippen LogP contribution in [-0.4, -0.2) is 30.9 Å². The molecule has 4 N–H and O–H groups in total. The molecule has 0 atom stereocenters. The Kier molecular flexibility index (Phi) is 3.69. The summed E-state index contributed by atoms with van der Waals surface area (Å²) in [6.45, 7) is 3.29. The Hall–Kier alpha value is -1.10. The topological polar surface area (TPSA) is 84.2 Å². The Bertz CT molecular complexity index is 189.